The molecule has 0 bridgehead atoms. The number of aryl methyl sites for hydroxylation is 5. The number of rotatable bonds is 23. The lowest BCUT2D eigenvalue weighted by Gasteiger charge is -2.09. The van der Waals surface area contributed by atoms with Gasteiger partial charge >= 0.3 is 0 Å². The summed E-state index contributed by atoms with van der Waals surface area (Å²) in [6.45, 7) is 12.7. The fourth-order valence-corrected chi connectivity index (χ4v) is 7.63. The summed E-state index contributed by atoms with van der Waals surface area (Å²) in [4.78, 5) is 0. The molecule has 0 aliphatic heterocycles. The Hall–Kier alpha value is -6.40. The minimum Gasteiger partial charge on any atom is -0.491 e. The van der Waals surface area contributed by atoms with Crippen molar-refractivity contribution in [3.05, 3.63) is 194 Å². The van der Waals surface area contributed by atoms with Crippen molar-refractivity contribution < 1.29 is 40.6 Å². The fourth-order valence-electron chi connectivity index (χ4n) is 7.63. The van der Waals surface area contributed by atoms with Crippen LogP contribution in [-0.4, -0.2) is 19.8 Å². The topological polar surface area (TPSA) is 27.7 Å². The lowest BCUT2D eigenvalue weighted by molar-refractivity contribution is 0.313. The molecule has 0 saturated heterocycles. The number of halogens is 6. The fraction of sp³-hybridized carbons (Fsp3) is 0.365. The first kappa shape index (κ1) is 58.2. The maximum atomic E-state index is 14.1. The summed E-state index contributed by atoms with van der Waals surface area (Å²) in [5.74, 6) is -0.0507. The van der Waals surface area contributed by atoms with E-state index in [2.05, 4.69) is 69.0 Å². The SMILES string of the molecule is CCCCCc1ccc(C#Cc2ccc(OCC)c(F)c2F)cc1.CCCCCc1ccc(C=Cc2ccc(OCC)c(F)c2F)cc1.CCCCCc1ccc(CCc2ccc(OCC)c(F)c2F)cc1. The number of unbranched alkanes of at least 4 members (excludes halogenated alkanes) is 6. The third-order valence-corrected chi connectivity index (χ3v) is 11.8. The molecule has 0 aliphatic carbocycles. The van der Waals surface area contributed by atoms with Gasteiger partial charge in [0.2, 0.25) is 17.5 Å². The Morgan fingerprint density at radius 1 is 0.361 bits per heavy atom. The molecule has 0 heterocycles. The van der Waals surface area contributed by atoms with E-state index >= 15 is 0 Å². The van der Waals surface area contributed by atoms with E-state index in [9.17, 15) is 26.3 Å². The van der Waals surface area contributed by atoms with E-state index in [4.69, 9.17) is 14.2 Å². The Bertz CT molecular complexity index is 2610. The third-order valence-electron chi connectivity index (χ3n) is 11.8. The average Bonchev–Trinajstić information content (AvgIpc) is 3.39. The highest BCUT2D eigenvalue weighted by molar-refractivity contribution is 5.70. The summed E-state index contributed by atoms with van der Waals surface area (Å²) < 4.78 is 98.7. The molecular formula is C63H72F6O3. The molecule has 384 valence electrons. The van der Waals surface area contributed by atoms with Crippen molar-refractivity contribution in [2.24, 2.45) is 0 Å². The summed E-state index contributed by atoms with van der Waals surface area (Å²) in [6.07, 6.45) is 18.7. The van der Waals surface area contributed by atoms with Gasteiger partial charge in [0.05, 0.1) is 25.4 Å². The van der Waals surface area contributed by atoms with Crippen LogP contribution in [0.3, 0.4) is 0 Å². The Morgan fingerprint density at radius 3 is 1.26 bits per heavy atom. The lowest BCUT2D eigenvalue weighted by Crippen LogP contribution is -2.02. The molecule has 3 nitrogen and oxygen atoms in total. The predicted octanol–water partition coefficient (Wildman–Crippen LogP) is 17.6. The summed E-state index contributed by atoms with van der Waals surface area (Å²) >= 11 is 0. The maximum Gasteiger partial charge on any atom is 0.201 e. The van der Waals surface area contributed by atoms with Crippen LogP contribution < -0.4 is 14.2 Å². The van der Waals surface area contributed by atoms with Crippen LogP contribution in [0.1, 0.15) is 149 Å². The molecule has 6 aromatic rings. The molecule has 0 radical (unpaired) electrons. The van der Waals surface area contributed by atoms with Gasteiger partial charge in [-0.15, -0.1) is 0 Å². The molecule has 0 saturated carbocycles. The summed E-state index contributed by atoms with van der Waals surface area (Å²) in [6, 6.07) is 33.5. The standard InChI is InChI=1S/C21H26F2O.C21H24F2O.C21H22F2O/c3*1-3-5-6-7-16-8-10-17(11-9-16)12-13-18-14-15-19(24-4-2)21(23)20(18)22/h8-11,14-15H,3-7,12-13H2,1-2H3;8-15H,3-7H2,1-2H3;8-11,14-15H,3-7H2,1-2H3. The zero-order valence-corrected chi connectivity index (χ0v) is 43.1. The molecule has 0 amide bonds. The summed E-state index contributed by atoms with van der Waals surface area (Å²) in [5.41, 5.74) is 7.43. The van der Waals surface area contributed by atoms with Crippen LogP contribution >= 0.6 is 0 Å². The molecule has 0 unspecified atom stereocenters. The molecule has 6 rings (SSSR count). The Balaban J connectivity index is 0.000000234. The zero-order valence-electron chi connectivity index (χ0n) is 43.1. The first-order valence-electron chi connectivity index (χ1n) is 25.7. The van der Waals surface area contributed by atoms with Crippen LogP contribution in [0.4, 0.5) is 26.3 Å². The van der Waals surface area contributed by atoms with Gasteiger partial charge in [0.15, 0.2) is 34.7 Å². The predicted molar refractivity (Wildman–Crippen MR) is 284 cm³/mol. The molecule has 0 N–H and O–H groups in total. The quantitative estimate of drug-likeness (QED) is 0.0277. The van der Waals surface area contributed by atoms with Crippen LogP contribution in [0, 0.1) is 46.7 Å². The second-order valence-corrected chi connectivity index (χ2v) is 17.4. The van der Waals surface area contributed by atoms with Crippen molar-refractivity contribution in [2.75, 3.05) is 19.8 Å². The minimum absolute atomic E-state index is 0.0183. The van der Waals surface area contributed by atoms with Crippen molar-refractivity contribution in [1.82, 2.24) is 0 Å². The molecule has 9 heteroatoms. The second-order valence-electron chi connectivity index (χ2n) is 17.4. The maximum absolute atomic E-state index is 14.1. The van der Waals surface area contributed by atoms with Gasteiger partial charge < -0.3 is 14.2 Å². The molecule has 0 atom stereocenters. The van der Waals surface area contributed by atoms with Crippen LogP contribution in [0.2, 0.25) is 0 Å². The van der Waals surface area contributed by atoms with Gasteiger partial charge in [0, 0.05) is 11.1 Å². The molecule has 6 aromatic carbocycles. The van der Waals surface area contributed by atoms with Crippen LogP contribution in [0.5, 0.6) is 17.2 Å². The molecule has 0 aliphatic rings. The smallest absolute Gasteiger partial charge is 0.201 e. The number of benzene rings is 6. The van der Waals surface area contributed by atoms with Crippen molar-refractivity contribution in [3.63, 3.8) is 0 Å². The van der Waals surface area contributed by atoms with Crippen molar-refractivity contribution in [3.8, 4) is 29.1 Å². The largest absolute Gasteiger partial charge is 0.491 e. The molecule has 0 spiro atoms. The van der Waals surface area contributed by atoms with E-state index in [0.717, 1.165) is 36.0 Å². The second kappa shape index (κ2) is 32.5. The van der Waals surface area contributed by atoms with Gasteiger partial charge in [-0.3, -0.25) is 0 Å². The van der Waals surface area contributed by atoms with E-state index in [1.165, 1.54) is 105 Å². The average molecular weight is 991 g/mol. The van der Waals surface area contributed by atoms with Gasteiger partial charge in [-0.1, -0.05) is 150 Å². The minimum atomic E-state index is -0.991. The third kappa shape index (κ3) is 19.3. The highest BCUT2D eigenvalue weighted by atomic mass is 19.2. The highest BCUT2D eigenvalue weighted by Crippen LogP contribution is 2.26. The summed E-state index contributed by atoms with van der Waals surface area (Å²) in [5, 5.41) is 0. The van der Waals surface area contributed by atoms with Gasteiger partial charge in [-0.2, -0.15) is 13.2 Å². The number of ether oxygens (including phenoxy) is 3. The van der Waals surface area contributed by atoms with E-state index in [1.54, 1.807) is 39.0 Å². The Morgan fingerprint density at radius 2 is 0.778 bits per heavy atom. The number of hydrogen-bond donors (Lipinski definition) is 0. The first-order valence-corrected chi connectivity index (χ1v) is 25.7. The molecular weight excluding hydrogens is 919 g/mol. The Labute approximate surface area is 425 Å². The van der Waals surface area contributed by atoms with Crippen LogP contribution in [-0.2, 0) is 32.1 Å². The van der Waals surface area contributed by atoms with Gasteiger partial charge in [0.25, 0.3) is 0 Å². The molecule has 0 aromatic heterocycles. The van der Waals surface area contributed by atoms with Crippen molar-refractivity contribution >= 4 is 12.2 Å². The monoisotopic (exact) mass is 991 g/mol. The van der Waals surface area contributed by atoms with E-state index in [0.29, 0.717) is 31.6 Å². The lowest BCUT2D eigenvalue weighted by atomic mass is 10.0. The molecule has 0 fully saturated rings. The normalized spacial score (nSPS) is 10.7. The van der Waals surface area contributed by atoms with E-state index in [-0.39, 0.29) is 35.0 Å². The van der Waals surface area contributed by atoms with Gasteiger partial charge in [0.1, 0.15) is 0 Å². The van der Waals surface area contributed by atoms with Crippen LogP contribution in [0.15, 0.2) is 109 Å². The molecule has 72 heavy (non-hydrogen) atoms. The van der Waals surface area contributed by atoms with Crippen LogP contribution in [0.25, 0.3) is 12.2 Å². The van der Waals surface area contributed by atoms with Gasteiger partial charge in [-0.25, -0.2) is 13.2 Å². The van der Waals surface area contributed by atoms with E-state index < -0.39 is 34.9 Å². The highest BCUT2D eigenvalue weighted by Gasteiger charge is 2.16. The zero-order chi connectivity index (χ0) is 52.1. The van der Waals surface area contributed by atoms with Crippen molar-refractivity contribution in [1.29, 1.82) is 0 Å². The Kier molecular flexibility index (Phi) is 26.3. The van der Waals surface area contributed by atoms with E-state index in [1.807, 2.05) is 36.4 Å². The first-order chi connectivity index (χ1) is 35.0. The summed E-state index contributed by atoms with van der Waals surface area (Å²) in [7, 11) is 0. The number of hydrogen-bond acceptors (Lipinski definition) is 3. The van der Waals surface area contributed by atoms with Gasteiger partial charge in [-0.05, 0) is 148 Å². The van der Waals surface area contributed by atoms with Crippen molar-refractivity contribution in [2.45, 2.75) is 131 Å².